The highest BCUT2D eigenvalue weighted by atomic mass is 35.5. The van der Waals surface area contributed by atoms with Gasteiger partial charge in [-0.05, 0) is 31.0 Å². The lowest BCUT2D eigenvalue weighted by Gasteiger charge is -2.32. The van der Waals surface area contributed by atoms with Gasteiger partial charge in [0.05, 0.1) is 16.5 Å². The number of carbonyl (C=O) groups is 2. The van der Waals surface area contributed by atoms with E-state index in [4.69, 9.17) is 11.6 Å². The van der Waals surface area contributed by atoms with E-state index in [1.165, 1.54) is 6.07 Å². The summed E-state index contributed by atoms with van der Waals surface area (Å²) in [5, 5.41) is 3.18. The van der Waals surface area contributed by atoms with E-state index in [2.05, 4.69) is 5.32 Å². The normalized spacial score (nSPS) is 17.0. The maximum atomic E-state index is 13.7. The quantitative estimate of drug-likeness (QED) is 0.888. The monoisotopic (exact) mass is 374 g/mol. The van der Waals surface area contributed by atoms with Crippen molar-refractivity contribution in [3.63, 3.8) is 0 Å². The summed E-state index contributed by atoms with van der Waals surface area (Å²) < 4.78 is 13.7. The van der Waals surface area contributed by atoms with Crippen molar-refractivity contribution in [2.75, 3.05) is 13.1 Å². The van der Waals surface area contributed by atoms with Crippen LogP contribution in [0.3, 0.4) is 0 Å². The molecular formula is C20H20ClFN2O2. The average Bonchev–Trinajstić information content (AvgIpc) is 2.67. The molecule has 0 aliphatic carbocycles. The number of rotatable bonds is 4. The van der Waals surface area contributed by atoms with Crippen molar-refractivity contribution >= 4 is 23.4 Å². The lowest BCUT2D eigenvalue weighted by Crippen LogP contribution is -2.45. The predicted molar refractivity (Wildman–Crippen MR) is 98.3 cm³/mol. The number of hydrogen-bond acceptors (Lipinski definition) is 2. The number of hydrogen-bond donors (Lipinski definition) is 1. The van der Waals surface area contributed by atoms with Crippen molar-refractivity contribution < 1.29 is 14.0 Å². The molecule has 1 atom stereocenters. The maximum Gasteiger partial charge on any atom is 0.255 e. The Morgan fingerprint density at radius 3 is 2.65 bits per heavy atom. The summed E-state index contributed by atoms with van der Waals surface area (Å²) in [4.78, 5) is 26.8. The first kappa shape index (κ1) is 18.4. The van der Waals surface area contributed by atoms with E-state index >= 15 is 0 Å². The van der Waals surface area contributed by atoms with Gasteiger partial charge in [0.1, 0.15) is 5.82 Å². The fraction of sp³-hybridized carbons (Fsp3) is 0.300. The molecule has 26 heavy (non-hydrogen) atoms. The molecule has 0 bridgehead atoms. The number of benzene rings is 2. The molecular weight excluding hydrogens is 355 g/mol. The summed E-state index contributed by atoms with van der Waals surface area (Å²) in [7, 11) is 0. The zero-order valence-electron chi connectivity index (χ0n) is 14.3. The van der Waals surface area contributed by atoms with Crippen molar-refractivity contribution in [2.24, 2.45) is 5.92 Å². The Kier molecular flexibility index (Phi) is 5.89. The van der Waals surface area contributed by atoms with Crippen LogP contribution in [0, 0.1) is 11.7 Å². The second-order valence-corrected chi connectivity index (χ2v) is 6.79. The summed E-state index contributed by atoms with van der Waals surface area (Å²) in [5.41, 5.74) is 0.891. The van der Waals surface area contributed by atoms with E-state index in [9.17, 15) is 14.0 Å². The van der Waals surface area contributed by atoms with Crippen LogP contribution >= 0.6 is 11.6 Å². The Balaban J connectivity index is 1.61. The zero-order valence-corrected chi connectivity index (χ0v) is 15.0. The summed E-state index contributed by atoms with van der Waals surface area (Å²) >= 11 is 6.11. The van der Waals surface area contributed by atoms with Crippen molar-refractivity contribution in [3.8, 4) is 0 Å². The van der Waals surface area contributed by atoms with Gasteiger partial charge in [-0.2, -0.15) is 0 Å². The molecule has 1 saturated heterocycles. The fourth-order valence-corrected chi connectivity index (χ4v) is 3.37. The second kappa shape index (κ2) is 8.32. The number of carbonyl (C=O) groups excluding carboxylic acids is 2. The number of nitrogens with zero attached hydrogens (tertiary/aromatic N) is 1. The minimum absolute atomic E-state index is 0.139. The van der Waals surface area contributed by atoms with Gasteiger partial charge in [-0.25, -0.2) is 4.39 Å². The van der Waals surface area contributed by atoms with Gasteiger partial charge in [0.15, 0.2) is 0 Å². The topological polar surface area (TPSA) is 49.4 Å². The smallest absolute Gasteiger partial charge is 0.255 e. The minimum Gasteiger partial charge on any atom is -0.352 e. The van der Waals surface area contributed by atoms with Crippen molar-refractivity contribution in [3.05, 3.63) is 70.5 Å². The number of likely N-dealkylation sites (tertiary alicyclic amines) is 1. The fourth-order valence-electron chi connectivity index (χ4n) is 3.15. The van der Waals surface area contributed by atoms with Gasteiger partial charge < -0.3 is 10.2 Å². The van der Waals surface area contributed by atoms with Gasteiger partial charge in [-0.15, -0.1) is 0 Å². The van der Waals surface area contributed by atoms with Gasteiger partial charge in [-0.1, -0.05) is 41.9 Å². The molecule has 1 heterocycles. The third-order valence-corrected chi connectivity index (χ3v) is 4.92. The standard InChI is InChI=1S/C20H20ClFN2O2/c21-17-9-3-2-8-16(17)20(26)24-11-5-7-15(13-24)19(25)23-12-14-6-1-4-10-18(14)22/h1-4,6,8-10,15H,5,7,11-13H2,(H,23,25)/t15-/m0/s1. The number of piperidine rings is 1. The van der Waals surface area contributed by atoms with Gasteiger partial charge >= 0.3 is 0 Å². The van der Waals surface area contributed by atoms with Crippen LogP contribution in [0.15, 0.2) is 48.5 Å². The van der Waals surface area contributed by atoms with Crippen LogP contribution in [-0.2, 0) is 11.3 Å². The van der Waals surface area contributed by atoms with E-state index in [1.807, 2.05) is 0 Å². The highest BCUT2D eigenvalue weighted by Gasteiger charge is 2.29. The van der Waals surface area contributed by atoms with Gasteiger partial charge in [-0.3, -0.25) is 9.59 Å². The van der Waals surface area contributed by atoms with E-state index < -0.39 is 0 Å². The van der Waals surface area contributed by atoms with E-state index in [1.54, 1.807) is 47.4 Å². The lowest BCUT2D eigenvalue weighted by atomic mass is 9.96. The van der Waals surface area contributed by atoms with Crippen LogP contribution in [0.5, 0.6) is 0 Å². The molecule has 2 aromatic rings. The predicted octanol–water partition coefficient (Wildman–Crippen LogP) is 3.65. The molecule has 1 N–H and O–H groups in total. The van der Waals surface area contributed by atoms with Gasteiger partial charge in [0, 0.05) is 25.2 Å². The first-order valence-electron chi connectivity index (χ1n) is 8.61. The average molecular weight is 375 g/mol. The molecule has 136 valence electrons. The Bertz CT molecular complexity index is 812. The van der Waals surface area contributed by atoms with E-state index in [0.29, 0.717) is 35.7 Å². The molecule has 2 amide bonds. The van der Waals surface area contributed by atoms with Crippen LogP contribution in [0.2, 0.25) is 5.02 Å². The largest absolute Gasteiger partial charge is 0.352 e. The molecule has 2 aromatic carbocycles. The van der Waals surface area contributed by atoms with Crippen LogP contribution in [0.1, 0.15) is 28.8 Å². The molecule has 3 rings (SSSR count). The van der Waals surface area contributed by atoms with Crippen molar-refractivity contribution in [2.45, 2.75) is 19.4 Å². The second-order valence-electron chi connectivity index (χ2n) is 6.38. The lowest BCUT2D eigenvalue weighted by molar-refractivity contribution is -0.126. The SMILES string of the molecule is O=C(NCc1ccccc1F)[C@H]1CCCN(C(=O)c2ccccc2Cl)C1. The molecule has 0 unspecified atom stereocenters. The molecule has 0 saturated carbocycles. The van der Waals surface area contributed by atoms with Crippen molar-refractivity contribution in [1.82, 2.24) is 10.2 Å². The molecule has 1 fully saturated rings. The maximum absolute atomic E-state index is 13.7. The molecule has 1 aliphatic heterocycles. The first-order valence-corrected chi connectivity index (χ1v) is 8.99. The molecule has 1 aliphatic rings. The summed E-state index contributed by atoms with van der Waals surface area (Å²) in [6, 6.07) is 13.3. The summed E-state index contributed by atoms with van der Waals surface area (Å²) in [5.74, 6) is -0.971. The van der Waals surface area contributed by atoms with Crippen molar-refractivity contribution in [1.29, 1.82) is 0 Å². The zero-order chi connectivity index (χ0) is 18.5. The first-order chi connectivity index (χ1) is 12.6. The highest BCUT2D eigenvalue weighted by Crippen LogP contribution is 2.22. The van der Waals surface area contributed by atoms with E-state index in [-0.39, 0.29) is 30.1 Å². The third-order valence-electron chi connectivity index (χ3n) is 4.59. The number of nitrogens with one attached hydrogen (secondary N) is 1. The van der Waals surface area contributed by atoms with E-state index in [0.717, 1.165) is 6.42 Å². The highest BCUT2D eigenvalue weighted by molar-refractivity contribution is 6.33. The minimum atomic E-state index is -0.341. The Labute approximate surface area is 157 Å². The Hall–Kier alpha value is -2.40. The summed E-state index contributed by atoms with van der Waals surface area (Å²) in [6.45, 7) is 1.08. The van der Waals surface area contributed by atoms with Crippen LogP contribution in [0.25, 0.3) is 0 Å². The number of halogens is 2. The van der Waals surface area contributed by atoms with Gasteiger partial charge in [0.25, 0.3) is 5.91 Å². The third kappa shape index (κ3) is 4.22. The molecule has 0 aromatic heterocycles. The molecule has 0 spiro atoms. The Morgan fingerprint density at radius 2 is 1.88 bits per heavy atom. The summed E-state index contributed by atoms with van der Waals surface area (Å²) in [6.07, 6.45) is 1.45. The molecule has 6 heteroatoms. The number of amides is 2. The Morgan fingerprint density at radius 1 is 1.15 bits per heavy atom. The molecule has 4 nitrogen and oxygen atoms in total. The van der Waals surface area contributed by atoms with Crippen LogP contribution < -0.4 is 5.32 Å². The van der Waals surface area contributed by atoms with Crippen LogP contribution in [-0.4, -0.2) is 29.8 Å². The van der Waals surface area contributed by atoms with Crippen LogP contribution in [0.4, 0.5) is 4.39 Å². The molecule has 0 radical (unpaired) electrons. The van der Waals surface area contributed by atoms with Gasteiger partial charge in [0.2, 0.25) is 5.91 Å².